The third-order valence-corrected chi connectivity index (χ3v) is 4.14. The van der Waals surface area contributed by atoms with Crippen LogP contribution in [0.3, 0.4) is 0 Å². The zero-order chi connectivity index (χ0) is 16.3. The first-order valence-corrected chi connectivity index (χ1v) is 8.18. The highest BCUT2D eigenvalue weighted by molar-refractivity contribution is 7.87. The van der Waals surface area contributed by atoms with Gasteiger partial charge in [0.05, 0.1) is 24.1 Å². The molecule has 0 bridgehead atoms. The van der Waals surface area contributed by atoms with Crippen LogP contribution in [-0.2, 0) is 16.8 Å². The second kappa shape index (κ2) is 6.19. The molecule has 23 heavy (non-hydrogen) atoms. The van der Waals surface area contributed by atoms with E-state index >= 15 is 0 Å². The van der Waals surface area contributed by atoms with Crippen molar-refractivity contribution in [2.45, 2.75) is 6.54 Å². The largest absolute Gasteiger partial charge is 0.360 e. The van der Waals surface area contributed by atoms with Gasteiger partial charge >= 0.3 is 10.3 Å². The topological polar surface area (TPSA) is 88.3 Å². The molecule has 3 rings (SSSR count). The fourth-order valence-corrected chi connectivity index (χ4v) is 2.84. The Balaban J connectivity index is 1.86. The van der Waals surface area contributed by atoms with Crippen molar-refractivity contribution in [1.29, 1.82) is 0 Å². The van der Waals surface area contributed by atoms with Crippen LogP contribution in [0.2, 0.25) is 0 Å². The average molecular weight is 330 g/mol. The summed E-state index contributed by atoms with van der Waals surface area (Å²) >= 11 is 0. The lowest BCUT2D eigenvalue weighted by Crippen LogP contribution is -2.29. The molecule has 7 nitrogen and oxygen atoms in total. The minimum absolute atomic E-state index is 0.00388. The number of rotatable bonds is 5. The normalized spacial score (nSPS) is 11.3. The van der Waals surface area contributed by atoms with Crippen molar-refractivity contribution in [3.8, 4) is 5.69 Å². The number of anilines is 1. The van der Waals surface area contributed by atoms with Crippen LogP contribution in [0.1, 0.15) is 5.56 Å². The molecule has 1 aromatic carbocycles. The molecule has 0 aliphatic carbocycles. The summed E-state index contributed by atoms with van der Waals surface area (Å²) in [6, 6.07) is 12.2. The summed E-state index contributed by atoms with van der Waals surface area (Å²) in [6.45, 7) is 0.00388. The lowest BCUT2D eigenvalue weighted by Gasteiger charge is -2.20. The van der Waals surface area contributed by atoms with Crippen LogP contribution in [0.5, 0.6) is 0 Å². The average Bonchev–Trinajstić information content (AvgIpc) is 3.07. The SMILES string of the molecule is O=S(=O)(O)N(Cc1ccc(-n2cccn2)cc1)c1cccnc1. The summed E-state index contributed by atoms with van der Waals surface area (Å²) in [5.41, 5.74) is 1.88. The van der Waals surface area contributed by atoms with Crippen molar-refractivity contribution in [3.05, 3.63) is 72.8 Å². The molecule has 1 N–H and O–H groups in total. The molecule has 0 unspecified atom stereocenters. The summed E-state index contributed by atoms with van der Waals surface area (Å²) in [5, 5.41) is 4.13. The standard InChI is InChI=1S/C15H14N4O3S/c20-23(21,22)19(15-3-1-8-16-11-15)12-13-4-6-14(7-5-13)18-10-2-9-17-18/h1-11H,12H2,(H,20,21,22). The number of benzene rings is 1. The third-order valence-electron chi connectivity index (χ3n) is 3.24. The molecule has 0 spiro atoms. The Morgan fingerprint density at radius 2 is 1.87 bits per heavy atom. The van der Waals surface area contributed by atoms with Gasteiger partial charge in [-0.25, -0.2) is 8.99 Å². The lowest BCUT2D eigenvalue weighted by atomic mass is 10.2. The van der Waals surface area contributed by atoms with Crippen LogP contribution in [0, 0.1) is 0 Å². The zero-order valence-corrected chi connectivity index (χ0v) is 12.8. The first-order chi connectivity index (χ1) is 11.0. The molecule has 0 aliphatic heterocycles. The molecular weight excluding hydrogens is 316 g/mol. The maximum Gasteiger partial charge on any atom is 0.360 e. The molecule has 2 heterocycles. The molecule has 8 heteroatoms. The first-order valence-electron chi connectivity index (χ1n) is 6.78. The fraction of sp³-hybridized carbons (Fsp3) is 0.0667. The minimum Gasteiger partial charge on any atom is -0.269 e. The van der Waals surface area contributed by atoms with E-state index in [2.05, 4.69) is 10.1 Å². The first kappa shape index (κ1) is 15.2. The molecule has 118 valence electrons. The molecule has 0 radical (unpaired) electrons. The molecular formula is C15H14N4O3S. The van der Waals surface area contributed by atoms with Crippen LogP contribution in [-0.4, -0.2) is 27.7 Å². The fourth-order valence-electron chi connectivity index (χ4n) is 2.15. The third kappa shape index (κ3) is 3.55. The highest BCUT2D eigenvalue weighted by Crippen LogP contribution is 2.19. The van der Waals surface area contributed by atoms with Gasteiger partial charge in [-0.15, -0.1) is 0 Å². The molecule has 0 fully saturated rings. The Kier molecular flexibility index (Phi) is 4.09. The van der Waals surface area contributed by atoms with E-state index < -0.39 is 10.3 Å². The second-order valence-electron chi connectivity index (χ2n) is 4.81. The molecule has 0 atom stereocenters. The van der Waals surface area contributed by atoms with E-state index in [9.17, 15) is 13.0 Å². The van der Waals surface area contributed by atoms with Gasteiger partial charge in [-0.3, -0.25) is 9.54 Å². The highest BCUT2D eigenvalue weighted by Gasteiger charge is 2.20. The van der Waals surface area contributed by atoms with E-state index in [-0.39, 0.29) is 6.54 Å². The molecule has 3 aromatic rings. The van der Waals surface area contributed by atoms with E-state index in [0.29, 0.717) is 5.69 Å². The smallest absolute Gasteiger partial charge is 0.269 e. The predicted octanol–water partition coefficient (Wildman–Crippen LogP) is 2.08. The Morgan fingerprint density at radius 3 is 2.43 bits per heavy atom. The molecule has 0 aliphatic rings. The van der Waals surface area contributed by atoms with Gasteiger partial charge in [0.2, 0.25) is 0 Å². The van der Waals surface area contributed by atoms with Gasteiger partial charge in [0.25, 0.3) is 0 Å². The lowest BCUT2D eigenvalue weighted by molar-refractivity contribution is 0.477. The molecule has 0 saturated carbocycles. The summed E-state index contributed by atoms with van der Waals surface area (Å²) in [7, 11) is -4.39. The van der Waals surface area contributed by atoms with E-state index in [1.54, 1.807) is 35.1 Å². The van der Waals surface area contributed by atoms with E-state index in [4.69, 9.17) is 0 Å². The van der Waals surface area contributed by atoms with Crippen molar-refractivity contribution < 1.29 is 13.0 Å². The number of nitrogens with zero attached hydrogens (tertiary/aromatic N) is 4. The van der Waals surface area contributed by atoms with Gasteiger partial charge in [-0.1, -0.05) is 12.1 Å². The van der Waals surface area contributed by atoms with E-state index in [0.717, 1.165) is 15.6 Å². The number of hydrogen-bond acceptors (Lipinski definition) is 4. The number of hydrogen-bond donors (Lipinski definition) is 1. The van der Waals surface area contributed by atoms with E-state index in [1.807, 2.05) is 24.4 Å². The predicted molar refractivity (Wildman–Crippen MR) is 85.5 cm³/mol. The van der Waals surface area contributed by atoms with Crippen LogP contribution in [0.4, 0.5) is 5.69 Å². The minimum atomic E-state index is -4.39. The Morgan fingerprint density at radius 1 is 1.09 bits per heavy atom. The Bertz CT molecular complexity index is 863. The van der Waals surface area contributed by atoms with Crippen LogP contribution >= 0.6 is 0 Å². The van der Waals surface area contributed by atoms with Crippen molar-refractivity contribution in [2.75, 3.05) is 4.31 Å². The maximum absolute atomic E-state index is 11.6. The van der Waals surface area contributed by atoms with Crippen LogP contribution < -0.4 is 4.31 Å². The number of pyridine rings is 1. The molecule has 0 saturated heterocycles. The van der Waals surface area contributed by atoms with Crippen molar-refractivity contribution in [3.63, 3.8) is 0 Å². The summed E-state index contributed by atoms with van der Waals surface area (Å²) in [4.78, 5) is 3.88. The Hall–Kier alpha value is -2.71. The van der Waals surface area contributed by atoms with E-state index in [1.165, 1.54) is 12.4 Å². The van der Waals surface area contributed by atoms with Crippen LogP contribution in [0.15, 0.2) is 67.3 Å². The summed E-state index contributed by atoms with van der Waals surface area (Å²) in [5.74, 6) is 0. The summed E-state index contributed by atoms with van der Waals surface area (Å²) < 4.78 is 35.3. The van der Waals surface area contributed by atoms with Crippen molar-refractivity contribution in [2.24, 2.45) is 0 Å². The Labute approximate surface area is 133 Å². The van der Waals surface area contributed by atoms with Gasteiger partial charge in [-0.2, -0.15) is 13.5 Å². The molecule has 0 amide bonds. The number of aromatic nitrogens is 3. The highest BCUT2D eigenvalue weighted by atomic mass is 32.2. The zero-order valence-electron chi connectivity index (χ0n) is 12.0. The van der Waals surface area contributed by atoms with Crippen LogP contribution in [0.25, 0.3) is 5.69 Å². The quantitative estimate of drug-likeness (QED) is 0.724. The second-order valence-corrected chi connectivity index (χ2v) is 6.15. The monoisotopic (exact) mass is 330 g/mol. The van der Waals surface area contributed by atoms with Crippen molar-refractivity contribution >= 4 is 16.0 Å². The van der Waals surface area contributed by atoms with Crippen molar-refractivity contribution in [1.82, 2.24) is 14.8 Å². The summed E-state index contributed by atoms with van der Waals surface area (Å²) in [6.07, 6.45) is 6.40. The van der Waals surface area contributed by atoms with Gasteiger partial charge < -0.3 is 0 Å². The van der Waals surface area contributed by atoms with Gasteiger partial charge in [-0.05, 0) is 35.9 Å². The van der Waals surface area contributed by atoms with Gasteiger partial charge in [0.1, 0.15) is 0 Å². The van der Waals surface area contributed by atoms with Gasteiger partial charge in [0, 0.05) is 18.6 Å². The maximum atomic E-state index is 11.6. The van der Waals surface area contributed by atoms with Gasteiger partial charge in [0.15, 0.2) is 0 Å². The molecule has 2 aromatic heterocycles.